The number of nitrogens with one attached hydrogen (secondary N) is 1. The average molecular weight is 319 g/mol. The molecule has 1 heterocycles. The van der Waals surface area contributed by atoms with Crippen LogP contribution in [0.4, 0.5) is 8.78 Å². The average Bonchev–Trinajstić information content (AvgIpc) is 2.76. The molecule has 0 fully saturated rings. The summed E-state index contributed by atoms with van der Waals surface area (Å²) in [6, 6.07) is 4.43. The van der Waals surface area contributed by atoms with E-state index in [9.17, 15) is 17.2 Å². The molecule has 0 radical (unpaired) electrons. The van der Waals surface area contributed by atoms with Crippen LogP contribution >= 0.6 is 0 Å². The standard InChI is InChI=1S/C13H15F2NO4S/c1-19-11-4-2-3-9(12(11)20-13(14)15)7-16-10-5-6-21(17,18)8-10/h2-6,10,13,16H,7-8H2,1H3. The van der Waals surface area contributed by atoms with Crippen LogP contribution < -0.4 is 14.8 Å². The lowest BCUT2D eigenvalue weighted by atomic mass is 10.1. The summed E-state index contributed by atoms with van der Waals surface area (Å²) < 4.78 is 57.0. The Morgan fingerprint density at radius 1 is 1.43 bits per heavy atom. The first-order valence-corrected chi connectivity index (χ1v) is 7.88. The molecule has 0 aliphatic carbocycles. The van der Waals surface area contributed by atoms with Gasteiger partial charge in [0.25, 0.3) is 0 Å². The zero-order chi connectivity index (χ0) is 15.5. The summed E-state index contributed by atoms with van der Waals surface area (Å²) in [4.78, 5) is 0. The van der Waals surface area contributed by atoms with E-state index >= 15 is 0 Å². The molecule has 1 atom stereocenters. The summed E-state index contributed by atoms with van der Waals surface area (Å²) >= 11 is 0. The molecule has 2 rings (SSSR count). The quantitative estimate of drug-likeness (QED) is 0.864. The highest BCUT2D eigenvalue weighted by molar-refractivity contribution is 7.94. The minimum Gasteiger partial charge on any atom is -0.493 e. The number of rotatable bonds is 6. The molecule has 0 saturated carbocycles. The smallest absolute Gasteiger partial charge is 0.387 e. The third-order valence-corrected chi connectivity index (χ3v) is 4.37. The van der Waals surface area contributed by atoms with E-state index in [-0.39, 0.29) is 29.8 Å². The fourth-order valence-electron chi connectivity index (χ4n) is 2.03. The van der Waals surface area contributed by atoms with Gasteiger partial charge in [-0.05, 0) is 6.07 Å². The van der Waals surface area contributed by atoms with Gasteiger partial charge in [0.15, 0.2) is 21.3 Å². The number of hydrogen-bond acceptors (Lipinski definition) is 5. The third-order valence-electron chi connectivity index (χ3n) is 2.97. The lowest BCUT2D eigenvalue weighted by Crippen LogP contribution is -2.29. The maximum absolute atomic E-state index is 12.5. The number of hydrogen-bond donors (Lipinski definition) is 1. The van der Waals surface area contributed by atoms with Crippen molar-refractivity contribution in [3.63, 3.8) is 0 Å². The Labute approximate surface area is 121 Å². The Bertz CT molecular complexity index is 631. The lowest BCUT2D eigenvalue weighted by Gasteiger charge is -2.16. The van der Waals surface area contributed by atoms with Crippen molar-refractivity contribution < 1.29 is 26.7 Å². The van der Waals surface area contributed by atoms with Gasteiger partial charge in [0.05, 0.1) is 12.9 Å². The second-order valence-corrected chi connectivity index (χ2v) is 6.40. The van der Waals surface area contributed by atoms with E-state index in [4.69, 9.17) is 4.74 Å². The molecule has 1 aliphatic heterocycles. The Morgan fingerprint density at radius 3 is 2.76 bits per heavy atom. The molecule has 0 amide bonds. The van der Waals surface area contributed by atoms with Crippen LogP contribution in [-0.2, 0) is 16.4 Å². The number of sulfone groups is 1. The predicted molar refractivity (Wildman–Crippen MR) is 73.2 cm³/mol. The van der Waals surface area contributed by atoms with Gasteiger partial charge in [-0.2, -0.15) is 8.78 Å². The summed E-state index contributed by atoms with van der Waals surface area (Å²) in [6.45, 7) is -2.78. The van der Waals surface area contributed by atoms with E-state index in [2.05, 4.69) is 10.1 Å². The van der Waals surface area contributed by atoms with Crippen LogP contribution in [0.2, 0.25) is 0 Å². The van der Waals surface area contributed by atoms with Gasteiger partial charge in [-0.25, -0.2) is 8.42 Å². The summed E-state index contributed by atoms with van der Waals surface area (Å²) in [5, 5.41) is 4.12. The van der Waals surface area contributed by atoms with E-state index in [1.54, 1.807) is 12.1 Å². The van der Waals surface area contributed by atoms with Gasteiger partial charge in [0.2, 0.25) is 0 Å². The summed E-state index contributed by atoms with van der Waals surface area (Å²) in [6.07, 6.45) is 1.53. The van der Waals surface area contributed by atoms with Crippen molar-refractivity contribution in [2.75, 3.05) is 12.9 Å². The van der Waals surface area contributed by atoms with Crippen molar-refractivity contribution in [3.05, 3.63) is 35.2 Å². The molecule has 116 valence electrons. The minimum atomic E-state index is -3.16. The second-order valence-electron chi connectivity index (χ2n) is 4.47. The summed E-state index contributed by atoms with van der Waals surface area (Å²) in [7, 11) is -1.80. The van der Waals surface area contributed by atoms with Crippen LogP contribution in [0.5, 0.6) is 11.5 Å². The fourth-order valence-corrected chi connectivity index (χ4v) is 3.30. The zero-order valence-corrected chi connectivity index (χ0v) is 12.1. The van der Waals surface area contributed by atoms with Crippen LogP contribution in [0.25, 0.3) is 0 Å². The maximum atomic E-state index is 12.5. The van der Waals surface area contributed by atoms with Crippen LogP contribution in [0, 0.1) is 0 Å². The summed E-state index contributed by atoms with van der Waals surface area (Å²) in [5.74, 6) is 0.110. The molecule has 1 aliphatic rings. The van der Waals surface area contributed by atoms with E-state index in [1.165, 1.54) is 19.3 Å². The van der Waals surface area contributed by atoms with E-state index in [0.717, 1.165) is 5.41 Å². The molecule has 0 spiro atoms. The largest absolute Gasteiger partial charge is 0.493 e. The summed E-state index contributed by atoms with van der Waals surface area (Å²) in [5.41, 5.74) is 0.465. The first-order chi connectivity index (χ1) is 9.91. The Kier molecular flexibility index (Phi) is 4.79. The van der Waals surface area contributed by atoms with E-state index in [0.29, 0.717) is 5.56 Å². The first kappa shape index (κ1) is 15.7. The molecule has 0 aromatic heterocycles. The van der Waals surface area contributed by atoms with Crippen LogP contribution in [0.15, 0.2) is 29.7 Å². The number of para-hydroxylation sites is 1. The topological polar surface area (TPSA) is 64.6 Å². The number of ether oxygens (including phenoxy) is 2. The zero-order valence-electron chi connectivity index (χ0n) is 11.3. The highest BCUT2D eigenvalue weighted by atomic mass is 32.2. The van der Waals surface area contributed by atoms with Gasteiger partial charge in [0, 0.05) is 23.6 Å². The highest BCUT2D eigenvalue weighted by Crippen LogP contribution is 2.32. The van der Waals surface area contributed by atoms with Gasteiger partial charge in [0.1, 0.15) is 0 Å². The molecule has 8 heteroatoms. The Balaban J connectivity index is 2.11. The van der Waals surface area contributed by atoms with E-state index in [1.807, 2.05) is 0 Å². The third kappa shape index (κ3) is 4.15. The van der Waals surface area contributed by atoms with Crippen LogP contribution in [0.1, 0.15) is 5.56 Å². The molecule has 5 nitrogen and oxygen atoms in total. The number of halogens is 2. The molecule has 1 N–H and O–H groups in total. The highest BCUT2D eigenvalue weighted by Gasteiger charge is 2.22. The maximum Gasteiger partial charge on any atom is 0.387 e. The fraction of sp³-hybridized carbons (Fsp3) is 0.385. The first-order valence-electron chi connectivity index (χ1n) is 6.16. The molecule has 1 aromatic rings. The van der Waals surface area contributed by atoms with Gasteiger partial charge in [-0.1, -0.05) is 18.2 Å². The second kappa shape index (κ2) is 6.40. The van der Waals surface area contributed by atoms with Crippen LogP contribution in [0.3, 0.4) is 0 Å². The van der Waals surface area contributed by atoms with Crippen molar-refractivity contribution in [3.8, 4) is 11.5 Å². The van der Waals surface area contributed by atoms with Gasteiger partial charge >= 0.3 is 6.61 Å². The molecule has 0 bridgehead atoms. The van der Waals surface area contributed by atoms with Crippen molar-refractivity contribution in [2.45, 2.75) is 19.2 Å². The number of benzene rings is 1. The van der Waals surface area contributed by atoms with Crippen molar-refractivity contribution in [1.29, 1.82) is 0 Å². The molecule has 21 heavy (non-hydrogen) atoms. The molecular weight excluding hydrogens is 304 g/mol. The molecule has 0 saturated heterocycles. The van der Waals surface area contributed by atoms with Crippen molar-refractivity contribution >= 4 is 9.84 Å². The molecular formula is C13H15F2NO4S. The molecule has 1 unspecified atom stereocenters. The van der Waals surface area contributed by atoms with Gasteiger partial charge in [-0.15, -0.1) is 0 Å². The van der Waals surface area contributed by atoms with Gasteiger partial charge in [-0.3, -0.25) is 0 Å². The van der Waals surface area contributed by atoms with Crippen LogP contribution in [-0.4, -0.2) is 33.9 Å². The number of alkyl halides is 2. The SMILES string of the molecule is COc1cccc(CNC2C=CS(=O)(=O)C2)c1OC(F)F. The molecule has 1 aromatic carbocycles. The minimum absolute atomic E-state index is 0.0397. The van der Waals surface area contributed by atoms with Gasteiger partial charge < -0.3 is 14.8 Å². The predicted octanol–water partition coefficient (Wildman–Crippen LogP) is 1.70. The lowest BCUT2D eigenvalue weighted by molar-refractivity contribution is -0.0518. The van der Waals surface area contributed by atoms with E-state index < -0.39 is 16.4 Å². The number of methoxy groups -OCH3 is 1. The Hall–Kier alpha value is -1.67. The van der Waals surface area contributed by atoms with Crippen molar-refractivity contribution in [1.82, 2.24) is 5.32 Å². The Morgan fingerprint density at radius 2 is 2.19 bits per heavy atom. The normalized spacial score (nSPS) is 19.9. The van der Waals surface area contributed by atoms with Crippen molar-refractivity contribution in [2.24, 2.45) is 0 Å². The monoisotopic (exact) mass is 319 g/mol.